The third-order valence-electron chi connectivity index (χ3n) is 3.70. The molecule has 2 rings (SSSR count). The first-order valence-corrected chi connectivity index (χ1v) is 9.08. The number of benzene rings is 2. The number of hydrogen-bond donors (Lipinski definition) is 3. The summed E-state index contributed by atoms with van der Waals surface area (Å²) >= 11 is 11.9. The molecule has 154 valence electrons. The average Bonchev–Trinajstić information content (AvgIpc) is 2.68. The molecule has 0 saturated carbocycles. The van der Waals surface area contributed by atoms with Gasteiger partial charge in [0.05, 0.1) is 27.8 Å². The molecule has 1 atom stereocenters. The number of carbonyl (C=O) groups is 2. The molecule has 0 aromatic heterocycles. The minimum absolute atomic E-state index is 0.112. The summed E-state index contributed by atoms with van der Waals surface area (Å²) in [4.78, 5) is 35.2. The van der Waals surface area contributed by atoms with Gasteiger partial charge in [-0.2, -0.15) is 0 Å². The van der Waals surface area contributed by atoms with Gasteiger partial charge >= 0.3 is 5.97 Å². The number of carbonyl (C=O) groups excluding carboxylic acids is 2. The molecular formula is C18H17Cl2N3O6. The van der Waals surface area contributed by atoms with Gasteiger partial charge in [-0.3, -0.25) is 14.9 Å². The van der Waals surface area contributed by atoms with E-state index in [-0.39, 0.29) is 40.8 Å². The van der Waals surface area contributed by atoms with Crippen LogP contribution in [0.15, 0.2) is 36.4 Å². The van der Waals surface area contributed by atoms with E-state index in [1.165, 1.54) is 31.2 Å². The number of non-ortho nitro benzene ring substituents is 1. The van der Waals surface area contributed by atoms with Crippen molar-refractivity contribution in [1.29, 1.82) is 0 Å². The lowest BCUT2D eigenvalue weighted by Crippen LogP contribution is -2.30. The summed E-state index contributed by atoms with van der Waals surface area (Å²) < 4.78 is 5.14. The summed E-state index contributed by atoms with van der Waals surface area (Å²) in [6.07, 6.45) is -1.23. The van der Waals surface area contributed by atoms with Crippen LogP contribution >= 0.6 is 23.2 Å². The Kier molecular flexibility index (Phi) is 7.77. The Morgan fingerprint density at radius 2 is 1.93 bits per heavy atom. The molecule has 0 saturated heterocycles. The summed E-state index contributed by atoms with van der Waals surface area (Å²) in [5.74, 6) is -1.62. The topological polar surface area (TPSA) is 131 Å². The fourth-order valence-electron chi connectivity index (χ4n) is 2.26. The van der Waals surface area contributed by atoms with E-state index in [9.17, 15) is 19.7 Å². The number of hydrogen-bond acceptors (Lipinski definition) is 7. The second-order valence-corrected chi connectivity index (χ2v) is 6.64. The van der Waals surface area contributed by atoms with Gasteiger partial charge in [0.15, 0.2) is 6.10 Å². The maximum Gasteiger partial charge on any atom is 0.341 e. The number of esters is 1. The van der Waals surface area contributed by atoms with Crippen LogP contribution in [0.2, 0.25) is 10.0 Å². The molecule has 0 bridgehead atoms. The number of anilines is 2. The molecule has 1 unspecified atom stereocenters. The van der Waals surface area contributed by atoms with Crippen LogP contribution in [0.25, 0.3) is 0 Å². The predicted octanol–water partition coefficient (Wildman–Crippen LogP) is 3.49. The molecule has 0 aliphatic heterocycles. The van der Waals surface area contributed by atoms with Crippen molar-refractivity contribution in [3.8, 4) is 0 Å². The molecule has 0 fully saturated rings. The zero-order valence-corrected chi connectivity index (χ0v) is 16.7. The van der Waals surface area contributed by atoms with Crippen molar-refractivity contribution in [1.82, 2.24) is 0 Å². The molecule has 0 spiro atoms. The molecule has 0 radical (unpaired) electrons. The monoisotopic (exact) mass is 441 g/mol. The molecule has 29 heavy (non-hydrogen) atoms. The summed E-state index contributed by atoms with van der Waals surface area (Å²) in [7, 11) is 0. The molecule has 9 nitrogen and oxygen atoms in total. The van der Waals surface area contributed by atoms with Crippen LogP contribution in [0.5, 0.6) is 0 Å². The second kappa shape index (κ2) is 10.1. The number of rotatable bonds is 8. The van der Waals surface area contributed by atoms with E-state index in [1.54, 1.807) is 6.07 Å². The van der Waals surface area contributed by atoms with E-state index in [0.29, 0.717) is 5.02 Å². The van der Waals surface area contributed by atoms with Gasteiger partial charge in [-0.25, -0.2) is 4.79 Å². The van der Waals surface area contributed by atoms with E-state index >= 15 is 0 Å². The molecule has 3 N–H and O–H groups in total. The first-order chi connectivity index (χ1) is 13.7. The number of halogens is 2. The van der Waals surface area contributed by atoms with Gasteiger partial charge in [0.2, 0.25) is 0 Å². The van der Waals surface area contributed by atoms with Gasteiger partial charge < -0.3 is 20.5 Å². The Balaban J connectivity index is 2.17. The van der Waals surface area contributed by atoms with Crippen LogP contribution in [0.3, 0.4) is 0 Å². The van der Waals surface area contributed by atoms with Gasteiger partial charge in [-0.15, -0.1) is 0 Å². The number of aliphatic hydroxyl groups is 1. The van der Waals surface area contributed by atoms with E-state index in [1.807, 2.05) is 0 Å². The quantitative estimate of drug-likeness (QED) is 0.324. The Morgan fingerprint density at radius 1 is 1.21 bits per heavy atom. The summed E-state index contributed by atoms with van der Waals surface area (Å²) in [5, 5.41) is 25.8. The third-order valence-corrected chi connectivity index (χ3v) is 4.27. The first kappa shape index (κ1) is 22.4. The van der Waals surface area contributed by atoms with Crippen LogP contribution in [-0.4, -0.2) is 41.2 Å². The molecular weight excluding hydrogens is 425 g/mol. The SMILES string of the molecule is CC(OC(=O)c1cc([N+](=O)[O-])ccc1NCCO)C(=O)Nc1cc(Cl)ccc1Cl. The standard InChI is InChI=1S/C18H17Cl2N3O6/c1-10(17(25)22-16-8-11(19)2-4-14(16)20)29-18(26)13-9-12(23(27)28)3-5-15(13)21-6-7-24/h2-5,8-10,21,24H,6-7H2,1H3,(H,22,25). The van der Waals surface area contributed by atoms with Gasteiger partial charge in [-0.1, -0.05) is 23.2 Å². The number of nitrogens with one attached hydrogen (secondary N) is 2. The van der Waals surface area contributed by atoms with Crippen molar-refractivity contribution in [2.75, 3.05) is 23.8 Å². The molecule has 0 aliphatic rings. The fraction of sp³-hybridized carbons (Fsp3) is 0.222. The van der Waals surface area contributed by atoms with Crippen molar-refractivity contribution < 1.29 is 24.4 Å². The van der Waals surface area contributed by atoms with Crippen LogP contribution in [0, 0.1) is 10.1 Å². The Labute approximate surface area is 175 Å². The van der Waals surface area contributed by atoms with Crippen LogP contribution in [0.4, 0.5) is 17.1 Å². The second-order valence-electron chi connectivity index (χ2n) is 5.80. The molecule has 0 heterocycles. The van der Waals surface area contributed by atoms with Gasteiger partial charge in [-0.05, 0) is 31.2 Å². The first-order valence-electron chi connectivity index (χ1n) is 8.33. The zero-order chi connectivity index (χ0) is 21.6. The highest BCUT2D eigenvalue weighted by Crippen LogP contribution is 2.26. The molecule has 2 aromatic rings. The average molecular weight is 442 g/mol. The highest BCUT2D eigenvalue weighted by atomic mass is 35.5. The lowest BCUT2D eigenvalue weighted by molar-refractivity contribution is -0.384. The van der Waals surface area contributed by atoms with Crippen molar-refractivity contribution in [2.24, 2.45) is 0 Å². The maximum absolute atomic E-state index is 12.5. The summed E-state index contributed by atoms with van der Waals surface area (Å²) in [6.45, 7) is 1.23. The minimum atomic E-state index is -1.23. The normalized spacial score (nSPS) is 11.4. The van der Waals surface area contributed by atoms with Crippen LogP contribution in [-0.2, 0) is 9.53 Å². The van der Waals surface area contributed by atoms with E-state index < -0.39 is 22.9 Å². The Morgan fingerprint density at radius 3 is 2.59 bits per heavy atom. The van der Waals surface area contributed by atoms with Gasteiger partial charge in [0.1, 0.15) is 0 Å². The zero-order valence-electron chi connectivity index (χ0n) is 15.1. The number of aliphatic hydroxyl groups excluding tert-OH is 1. The van der Waals surface area contributed by atoms with Crippen molar-refractivity contribution in [2.45, 2.75) is 13.0 Å². The lowest BCUT2D eigenvalue weighted by atomic mass is 10.1. The number of nitrogens with zero attached hydrogens (tertiary/aromatic N) is 1. The summed E-state index contributed by atoms with van der Waals surface area (Å²) in [5.41, 5.74) is -0.00439. The highest BCUT2D eigenvalue weighted by Gasteiger charge is 2.23. The Bertz CT molecular complexity index is 938. The smallest absolute Gasteiger partial charge is 0.341 e. The Hall–Kier alpha value is -2.88. The molecule has 11 heteroatoms. The van der Waals surface area contributed by atoms with Gasteiger partial charge in [0.25, 0.3) is 11.6 Å². The molecule has 2 aromatic carbocycles. The van der Waals surface area contributed by atoms with Crippen molar-refractivity contribution in [3.63, 3.8) is 0 Å². The van der Waals surface area contributed by atoms with Crippen molar-refractivity contribution >= 4 is 52.1 Å². The van der Waals surface area contributed by atoms with Crippen LogP contribution < -0.4 is 10.6 Å². The predicted molar refractivity (Wildman–Crippen MR) is 109 cm³/mol. The maximum atomic E-state index is 12.5. The summed E-state index contributed by atoms with van der Waals surface area (Å²) in [6, 6.07) is 8.04. The van der Waals surface area contributed by atoms with Crippen molar-refractivity contribution in [3.05, 3.63) is 62.1 Å². The minimum Gasteiger partial charge on any atom is -0.449 e. The largest absolute Gasteiger partial charge is 0.449 e. The number of nitro benzene ring substituents is 1. The van der Waals surface area contributed by atoms with Gasteiger partial charge in [0, 0.05) is 29.4 Å². The third kappa shape index (κ3) is 6.05. The van der Waals surface area contributed by atoms with E-state index in [2.05, 4.69) is 10.6 Å². The molecule has 1 amide bonds. The highest BCUT2D eigenvalue weighted by molar-refractivity contribution is 6.35. The lowest BCUT2D eigenvalue weighted by Gasteiger charge is -2.16. The number of amides is 1. The fourth-order valence-corrected chi connectivity index (χ4v) is 2.60. The number of ether oxygens (including phenoxy) is 1. The van der Waals surface area contributed by atoms with Crippen LogP contribution in [0.1, 0.15) is 17.3 Å². The number of nitro groups is 1. The molecule has 0 aliphatic carbocycles. The van der Waals surface area contributed by atoms with E-state index in [0.717, 1.165) is 6.07 Å². The van der Waals surface area contributed by atoms with E-state index in [4.69, 9.17) is 33.0 Å².